The number of anilines is 1. The van der Waals surface area contributed by atoms with Crippen LogP contribution in [0.2, 0.25) is 0 Å². The van der Waals surface area contributed by atoms with E-state index in [4.69, 9.17) is 17.0 Å². The van der Waals surface area contributed by atoms with Crippen LogP contribution in [0.1, 0.15) is 18.2 Å². The Morgan fingerprint density at radius 3 is 3.00 bits per heavy atom. The summed E-state index contributed by atoms with van der Waals surface area (Å²) < 4.78 is 4.99. The Kier molecular flexibility index (Phi) is 4.11. The Balaban J connectivity index is 2.76. The molecule has 0 fully saturated rings. The van der Waals surface area contributed by atoms with Gasteiger partial charge in [0.15, 0.2) is 0 Å². The van der Waals surface area contributed by atoms with Gasteiger partial charge in [0.2, 0.25) is 7.12 Å². The van der Waals surface area contributed by atoms with Gasteiger partial charge in [0.25, 0.3) is 0 Å². The second-order valence-electron chi connectivity index (χ2n) is 2.60. The van der Waals surface area contributed by atoms with Gasteiger partial charge in [-0.05, 0) is 24.1 Å². The summed E-state index contributed by atoms with van der Waals surface area (Å²) in [4.78, 5) is 4.14. The van der Waals surface area contributed by atoms with E-state index in [9.17, 15) is 0 Å². The molecule has 68 valence electrons. The van der Waals surface area contributed by atoms with Crippen LogP contribution >= 0.6 is 11.9 Å². The number of rotatable bonds is 4. The van der Waals surface area contributed by atoms with Gasteiger partial charge >= 0.3 is 0 Å². The zero-order chi connectivity index (χ0) is 9.68. The van der Waals surface area contributed by atoms with E-state index in [1.165, 1.54) is 0 Å². The van der Waals surface area contributed by atoms with Crippen LogP contribution in [0.15, 0.2) is 12.1 Å². The van der Waals surface area contributed by atoms with Crippen LogP contribution in [0.25, 0.3) is 0 Å². The van der Waals surface area contributed by atoms with Crippen LogP contribution < -0.4 is 5.73 Å². The maximum Gasteiger partial charge on any atom is 0.203 e. The van der Waals surface area contributed by atoms with Crippen molar-refractivity contribution in [1.82, 2.24) is 4.98 Å². The topological polar surface area (TPSA) is 48.1 Å². The summed E-state index contributed by atoms with van der Waals surface area (Å²) in [6.07, 6.45) is 0.869. The molecule has 0 atom stereocenters. The van der Waals surface area contributed by atoms with Crippen molar-refractivity contribution in [3.63, 3.8) is 0 Å². The molecule has 0 aliphatic rings. The highest BCUT2D eigenvalue weighted by molar-refractivity contribution is 8.15. The largest absolute Gasteiger partial charge is 0.384 e. The first kappa shape index (κ1) is 10.4. The zero-order valence-electron chi connectivity index (χ0n) is 7.49. The molecule has 0 saturated heterocycles. The molecule has 1 rings (SSSR count). The molecule has 0 aliphatic carbocycles. The average Bonchev–Trinajstić information content (AvgIpc) is 2.14. The van der Waals surface area contributed by atoms with Crippen molar-refractivity contribution in [2.45, 2.75) is 20.0 Å². The highest BCUT2D eigenvalue weighted by atomic mass is 32.2. The Bertz CT molecular complexity index is 283. The van der Waals surface area contributed by atoms with Gasteiger partial charge in [-0.15, -0.1) is 0 Å². The minimum atomic E-state index is 0.459. The third kappa shape index (κ3) is 3.28. The molecule has 1 aromatic heterocycles. The van der Waals surface area contributed by atoms with E-state index >= 15 is 0 Å². The van der Waals surface area contributed by atoms with Gasteiger partial charge in [-0.3, -0.25) is 0 Å². The standard InChI is InChI=1S/C8H11BN2OS/c1-2-7-3-6(5-12-13-9)4-8(10)11-7/h3-4H,2,5H2,1H3,(H2,10,11). The molecule has 2 N–H and O–H groups in total. The SMILES string of the molecule is [B]SOCc1cc(N)nc(CC)c1. The van der Waals surface area contributed by atoms with Crippen LogP contribution in [0, 0.1) is 0 Å². The van der Waals surface area contributed by atoms with Crippen molar-refractivity contribution in [2.24, 2.45) is 0 Å². The molecule has 0 bridgehead atoms. The van der Waals surface area contributed by atoms with Crippen LogP contribution in [0.3, 0.4) is 0 Å². The van der Waals surface area contributed by atoms with E-state index in [-0.39, 0.29) is 0 Å². The van der Waals surface area contributed by atoms with Gasteiger partial charge in [0.05, 0.1) is 6.61 Å². The predicted octanol–water partition coefficient (Wildman–Crippen LogP) is 1.47. The number of hydrogen-bond donors (Lipinski definition) is 1. The van der Waals surface area contributed by atoms with Crippen molar-refractivity contribution < 1.29 is 4.18 Å². The molecule has 1 aromatic rings. The van der Waals surface area contributed by atoms with Gasteiger partial charge in [-0.2, -0.15) is 0 Å². The quantitative estimate of drug-likeness (QED) is 0.582. The fourth-order valence-electron chi connectivity index (χ4n) is 1.04. The zero-order valence-corrected chi connectivity index (χ0v) is 8.30. The second-order valence-corrected chi connectivity index (χ2v) is 3.03. The number of aromatic nitrogens is 1. The lowest BCUT2D eigenvalue weighted by Gasteiger charge is -2.04. The fourth-order valence-corrected chi connectivity index (χ4v) is 1.25. The number of aryl methyl sites for hydroxylation is 1. The predicted molar refractivity (Wildman–Crippen MR) is 56.2 cm³/mol. The lowest BCUT2D eigenvalue weighted by atomic mass is 10.2. The van der Waals surface area contributed by atoms with Crippen molar-refractivity contribution in [2.75, 3.05) is 5.73 Å². The Morgan fingerprint density at radius 1 is 1.62 bits per heavy atom. The smallest absolute Gasteiger partial charge is 0.203 e. The number of hydrogen-bond acceptors (Lipinski definition) is 4. The van der Waals surface area contributed by atoms with Crippen LogP contribution in [0.4, 0.5) is 5.82 Å². The lowest BCUT2D eigenvalue weighted by Crippen LogP contribution is -1.98. The summed E-state index contributed by atoms with van der Waals surface area (Å²) >= 11 is 0.855. The summed E-state index contributed by atoms with van der Waals surface area (Å²) in [5, 5.41) is 0. The molecule has 0 amide bonds. The summed E-state index contributed by atoms with van der Waals surface area (Å²) in [6.45, 7) is 2.49. The maximum absolute atomic E-state index is 5.60. The van der Waals surface area contributed by atoms with Crippen molar-refractivity contribution in [3.8, 4) is 0 Å². The minimum absolute atomic E-state index is 0.459. The van der Waals surface area contributed by atoms with Crippen molar-refractivity contribution >= 4 is 24.8 Å². The van der Waals surface area contributed by atoms with E-state index < -0.39 is 0 Å². The molecule has 3 nitrogen and oxygen atoms in total. The molecule has 5 heteroatoms. The number of nitrogen functional groups attached to an aromatic ring is 1. The van der Waals surface area contributed by atoms with Gasteiger partial charge in [-0.25, -0.2) is 4.98 Å². The molecule has 0 aromatic carbocycles. The first-order valence-electron chi connectivity index (χ1n) is 4.00. The van der Waals surface area contributed by atoms with E-state index in [1.54, 1.807) is 6.07 Å². The van der Waals surface area contributed by atoms with Gasteiger partial charge in [0.1, 0.15) is 5.82 Å². The molecule has 0 aliphatic heterocycles. The average molecular weight is 194 g/mol. The van der Waals surface area contributed by atoms with Crippen LogP contribution in [-0.2, 0) is 17.2 Å². The molecule has 0 saturated carbocycles. The Morgan fingerprint density at radius 2 is 2.38 bits per heavy atom. The van der Waals surface area contributed by atoms with E-state index in [0.29, 0.717) is 12.4 Å². The monoisotopic (exact) mass is 194 g/mol. The van der Waals surface area contributed by atoms with E-state index in [1.807, 2.05) is 13.0 Å². The Hall–Kier alpha value is -0.675. The summed E-state index contributed by atoms with van der Waals surface area (Å²) in [6, 6.07) is 3.75. The maximum atomic E-state index is 5.60. The number of nitrogens with zero attached hydrogens (tertiary/aromatic N) is 1. The molecule has 13 heavy (non-hydrogen) atoms. The molecule has 2 radical (unpaired) electrons. The van der Waals surface area contributed by atoms with Crippen LogP contribution in [-0.4, -0.2) is 12.1 Å². The van der Waals surface area contributed by atoms with Gasteiger partial charge in [-0.1, -0.05) is 18.8 Å². The molecular weight excluding hydrogens is 183 g/mol. The normalized spacial score (nSPS) is 10.2. The van der Waals surface area contributed by atoms with Crippen molar-refractivity contribution in [1.29, 1.82) is 0 Å². The summed E-state index contributed by atoms with van der Waals surface area (Å²) in [7, 11) is 5.13. The summed E-state index contributed by atoms with van der Waals surface area (Å²) in [5.74, 6) is 0.528. The highest BCUT2D eigenvalue weighted by Crippen LogP contribution is 2.11. The van der Waals surface area contributed by atoms with Gasteiger partial charge in [0, 0.05) is 5.69 Å². The first-order chi connectivity index (χ1) is 6.26. The van der Waals surface area contributed by atoms with Crippen molar-refractivity contribution in [3.05, 3.63) is 23.4 Å². The first-order valence-corrected chi connectivity index (χ1v) is 4.80. The minimum Gasteiger partial charge on any atom is -0.384 e. The highest BCUT2D eigenvalue weighted by Gasteiger charge is 1.98. The third-order valence-corrected chi connectivity index (χ3v) is 1.87. The number of nitrogens with two attached hydrogens (primary N) is 1. The van der Waals surface area contributed by atoms with Gasteiger partial charge < -0.3 is 9.92 Å². The number of pyridine rings is 1. The molecular formula is C8H11BN2OS. The third-order valence-electron chi connectivity index (χ3n) is 1.61. The molecule has 0 unspecified atom stereocenters. The lowest BCUT2D eigenvalue weighted by molar-refractivity contribution is 0.369. The van der Waals surface area contributed by atoms with Crippen LogP contribution in [0.5, 0.6) is 0 Å². The summed E-state index contributed by atoms with van der Waals surface area (Å²) in [5.41, 5.74) is 7.58. The van der Waals surface area contributed by atoms with E-state index in [0.717, 1.165) is 29.6 Å². The molecule has 1 heterocycles. The Labute approximate surface area is 83.6 Å². The second kappa shape index (κ2) is 5.14. The van der Waals surface area contributed by atoms with E-state index in [2.05, 4.69) is 4.98 Å². The fraction of sp³-hybridized carbons (Fsp3) is 0.375. The molecule has 0 spiro atoms.